The molecule has 288 valence electrons. The largest absolute Gasteiger partial charge is 0.477 e. The summed E-state index contributed by atoms with van der Waals surface area (Å²) in [5.41, 5.74) is 10.5. The zero-order valence-electron chi connectivity index (χ0n) is 32.2. The summed E-state index contributed by atoms with van der Waals surface area (Å²) in [5, 5.41) is 11.9. The molecule has 0 unspecified atom stereocenters. The summed E-state index contributed by atoms with van der Waals surface area (Å²) in [6.45, 7) is 13.6. The molecule has 0 spiro atoms. The summed E-state index contributed by atoms with van der Waals surface area (Å²) >= 11 is 0. The van der Waals surface area contributed by atoms with Crippen molar-refractivity contribution in [3.05, 3.63) is 106 Å². The predicted molar refractivity (Wildman–Crippen MR) is 224 cm³/mol. The molecule has 11 nitrogen and oxygen atoms in total. The molecule has 4 aromatic rings. The van der Waals surface area contributed by atoms with Gasteiger partial charge in [0.05, 0.1) is 0 Å². The van der Waals surface area contributed by atoms with Crippen LogP contribution < -0.4 is 11.1 Å². The Labute approximate surface area is 329 Å². The normalized spacial score (nSPS) is 11.2. The van der Waals surface area contributed by atoms with Crippen LogP contribution in [-0.4, -0.2) is 82.7 Å². The van der Waals surface area contributed by atoms with E-state index in [1.54, 1.807) is 80.8 Å². The second-order valence-electron chi connectivity index (χ2n) is 13.5. The summed E-state index contributed by atoms with van der Waals surface area (Å²) in [6, 6.07) is 10.4. The highest BCUT2D eigenvalue weighted by Gasteiger charge is 2.21. The monoisotopic (exact) mass is 800 g/mol. The number of ketones is 2. The minimum atomic E-state index is -1.00. The van der Waals surface area contributed by atoms with E-state index in [0.29, 0.717) is 29.2 Å². The molecule has 4 aromatic heterocycles. The van der Waals surface area contributed by atoms with Crippen LogP contribution in [0.3, 0.4) is 0 Å². The number of nitrogens with zero attached hydrogens (tertiary/aromatic N) is 4. The Morgan fingerprint density at radius 1 is 0.755 bits per heavy atom. The van der Waals surface area contributed by atoms with Crippen LogP contribution in [0.25, 0.3) is 0 Å². The molecule has 0 aliphatic carbocycles. The third kappa shape index (κ3) is 15.8. The second kappa shape index (κ2) is 21.4. The molecule has 4 N–H and O–H groups in total. The quantitative estimate of drug-likeness (QED) is 0.0817. The Balaban J connectivity index is 0.000000314. The topological polar surface area (TPSA) is 162 Å². The Morgan fingerprint density at radius 2 is 1.19 bits per heavy atom. The van der Waals surface area contributed by atoms with E-state index in [1.165, 1.54) is 10.6 Å². The van der Waals surface area contributed by atoms with Crippen molar-refractivity contribution in [3.8, 4) is 0 Å². The lowest BCUT2D eigenvalue weighted by Crippen LogP contribution is -2.36. The Hall–Kier alpha value is -3.50. The van der Waals surface area contributed by atoms with Crippen molar-refractivity contribution in [3.63, 3.8) is 0 Å². The maximum absolute atomic E-state index is 12.5. The lowest BCUT2D eigenvalue weighted by Gasteiger charge is -2.22. The molecule has 53 heavy (non-hydrogen) atoms. The van der Waals surface area contributed by atoms with Gasteiger partial charge in [-0.3, -0.25) is 24.4 Å². The molecule has 0 bridgehead atoms. The molecule has 0 aromatic carbocycles. The zero-order chi connectivity index (χ0) is 39.9. The second-order valence-corrected chi connectivity index (χ2v) is 19.8. The molecule has 0 aliphatic heterocycles. The van der Waals surface area contributed by atoms with Crippen LogP contribution in [-0.2, 0) is 26.9 Å². The van der Waals surface area contributed by atoms with Crippen molar-refractivity contribution in [2.45, 2.75) is 63.9 Å². The highest BCUT2D eigenvalue weighted by molar-refractivity contribution is 8.77. The summed E-state index contributed by atoms with van der Waals surface area (Å²) < 4.78 is 3.46. The van der Waals surface area contributed by atoms with E-state index >= 15 is 0 Å². The number of hydrogen-bond acceptors (Lipinski definition) is 11. The standard InChI is InChI=1S/C19H25N3O2S2.C14H14N2O3.C5H13NS2/c1-13-6-7-15(20-10-13)17(23)9-14-8-16(22(4)11-14)18(24)21-12-19(2,3)26-25-5;1-9-3-4-11(15-7-9)13(17)6-10-5-12(14(18)19)16(2)8-10;1-5(2,4-6)8-7-3/h6-8,10-11H,9,12H2,1-5H3,(H,21,24);3-5,7-8H,6H2,1-2H3,(H,18,19);4,6H2,1-3H3. The highest BCUT2D eigenvalue weighted by atomic mass is 33.1. The number of nitrogens with two attached hydrogens (primary N) is 1. The molecule has 4 heterocycles. The third-order valence-electron chi connectivity index (χ3n) is 7.48. The van der Waals surface area contributed by atoms with Crippen LogP contribution >= 0.6 is 43.2 Å². The van der Waals surface area contributed by atoms with Gasteiger partial charge in [0, 0.05) is 74.3 Å². The zero-order valence-corrected chi connectivity index (χ0v) is 35.4. The first-order valence-electron chi connectivity index (χ1n) is 16.7. The van der Waals surface area contributed by atoms with Crippen molar-refractivity contribution >= 4 is 66.6 Å². The minimum absolute atomic E-state index is 0.0455. The average Bonchev–Trinajstić information content (AvgIpc) is 3.65. The van der Waals surface area contributed by atoms with Gasteiger partial charge in [-0.25, -0.2) is 4.79 Å². The van der Waals surface area contributed by atoms with Crippen LogP contribution in [0, 0.1) is 13.8 Å². The van der Waals surface area contributed by atoms with Gasteiger partial charge in [0.25, 0.3) is 5.91 Å². The fourth-order valence-electron chi connectivity index (χ4n) is 4.61. The van der Waals surface area contributed by atoms with E-state index in [1.807, 2.05) is 56.3 Å². The van der Waals surface area contributed by atoms with E-state index in [2.05, 4.69) is 49.2 Å². The highest BCUT2D eigenvalue weighted by Crippen LogP contribution is 2.33. The van der Waals surface area contributed by atoms with Crippen LogP contribution in [0.4, 0.5) is 0 Å². The van der Waals surface area contributed by atoms with Gasteiger partial charge in [-0.1, -0.05) is 55.3 Å². The lowest BCUT2D eigenvalue weighted by molar-refractivity contribution is 0.0685. The third-order valence-corrected chi connectivity index (χ3v) is 12.7. The number of carbonyl (C=O) groups is 4. The molecule has 15 heteroatoms. The number of rotatable bonds is 15. The molecule has 4 rings (SSSR count). The van der Waals surface area contributed by atoms with Crippen molar-refractivity contribution in [2.75, 3.05) is 25.6 Å². The number of pyridine rings is 2. The van der Waals surface area contributed by atoms with Crippen LogP contribution in [0.1, 0.15) is 91.9 Å². The van der Waals surface area contributed by atoms with E-state index < -0.39 is 5.97 Å². The van der Waals surface area contributed by atoms with Gasteiger partial charge in [0.2, 0.25) is 0 Å². The Kier molecular flexibility index (Phi) is 18.4. The van der Waals surface area contributed by atoms with Gasteiger partial charge in [-0.2, -0.15) is 0 Å². The molecule has 0 saturated carbocycles. The number of aromatic carboxylic acids is 1. The fraction of sp³-hybridized carbons (Fsp3) is 0.421. The van der Waals surface area contributed by atoms with Crippen LogP contribution in [0.5, 0.6) is 0 Å². The van der Waals surface area contributed by atoms with Crippen molar-refractivity contribution in [2.24, 2.45) is 19.8 Å². The first-order valence-corrected chi connectivity index (χ1v) is 21.8. The van der Waals surface area contributed by atoms with E-state index in [9.17, 15) is 19.2 Å². The Morgan fingerprint density at radius 3 is 1.55 bits per heavy atom. The molecular weight excluding hydrogens is 749 g/mol. The number of Topliss-reactive ketones (excluding diaryl/α,β-unsaturated/α-hetero) is 2. The van der Waals surface area contributed by atoms with E-state index in [0.717, 1.165) is 23.2 Å². The van der Waals surface area contributed by atoms with Crippen molar-refractivity contribution < 1.29 is 24.3 Å². The number of carbonyl (C=O) groups excluding carboxylic acids is 3. The van der Waals surface area contributed by atoms with E-state index in [-0.39, 0.29) is 45.5 Å². The Bertz CT molecular complexity index is 1820. The molecule has 0 radical (unpaired) electrons. The van der Waals surface area contributed by atoms with Gasteiger partial charge < -0.3 is 25.3 Å². The number of hydrogen-bond donors (Lipinski definition) is 3. The lowest BCUT2D eigenvalue weighted by atomic mass is 10.1. The molecule has 0 atom stereocenters. The van der Waals surface area contributed by atoms with Gasteiger partial charge in [-0.15, -0.1) is 0 Å². The smallest absolute Gasteiger partial charge is 0.352 e. The number of carboxylic acids is 1. The van der Waals surface area contributed by atoms with Crippen molar-refractivity contribution in [1.82, 2.24) is 24.4 Å². The summed E-state index contributed by atoms with van der Waals surface area (Å²) in [7, 11) is 10.5. The van der Waals surface area contributed by atoms with Gasteiger partial charge in [0.1, 0.15) is 22.8 Å². The van der Waals surface area contributed by atoms with Gasteiger partial charge >= 0.3 is 5.97 Å². The molecule has 1 amide bonds. The first-order chi connectivity index (χ1) is 24.8. The number of aryl methyl sites for hydroxylation is 4. The number of aromatic nitrogens is 4. The summed E-state index contributed by atoms with van der Waals surface area (Å²) in [4.78, 5) is 56.0. The number of carboxylic acid groups (broad SMARTS) is 1. The first kappa shape index (κ1) is 45.7. The maximum atomic E-state index is 12.5. The minimum Gasteiger partial charge on any atom is -0.477 e. The average molecular weight is 801 g/mol. The SMILES string of the molecule is CSSC(C)(C)CN.CSSC(C)(C)CNC(=O)c1cc(CC(=O)c2ccc(C)cn2)cn1C.Cc1ccc(C(=O)Cc2cc(C(=O)O)n(C)c2)nc1. The molecule has 0 fully saturated rings. The van der Waals surface area contributed by atoms with Gasteiger partial charge in [-0.05, 0) is 101 Å². The summed E-state index contributed by atoms with van der Waals surface area (Å²) in [5.74, 6) is -1.31. The fourth-order valence-corrected chi connectivity index (χ4v) is 8.80. The van der Waals surface area contributed by atoms with Crippen molar-refractivity contribution in [1.29, 1.82) is 0 Å². The summed E-state index contributed by atoms with van der Waals surface area (Å²) in [6.07, 6.45) is 11.3. The molecule has 0 saturated heterocycles. The maximum Gasteiger partial charge on any atom is 0.352 e. The van der Waals surface area contributed by atoms with Crippen LogP contribution in [0.15, 0.2) is 61.2 Å². The van der Waals surface area contributed by atoms with Crippen LogP contribution in [0.2, 0.25) is 0 Å². The number of amides is 1. The van der Waals surface area contributed by atoms with Gasteiger partial charge in [0.15, 0.2) is 11.6 Å². The predicted octanol–water partition coefficient (Wildman–Crippen LogP) is 7.26. The van der Waals surface area contributed by atoms with E-state index in [4.69, 9.17) is 10.8 Å². The number of nitrogens with one attached hydrogen (secondary N) is 1. The molecular formula is C38H52N6O5S4. The molecule has 0 aliphatic rings.